The van der Waals surface area contributed by atoms with Crippen LogP contribution < -0.4 is 15.3 Å². The lowest BCUT2D eigenvalue weighted by Gasteiger charge is -2.20. The zero-order valence-corrected chi connectivity index (χ0v) is 19.4. The van der Waals surface area contributed by atoms with E-state index in [2.05, 4.69) is 16.6 Å². The van der Waals surface area contributed by atoms with Crippen LogP contribution in [0.4, 0.5) is 0 Å². The van der Waals surface area contributed by atoms with Gasteiger partial charge < -0.3 is 14.2 Å². The third-order valence-electron chi connectivity index (χ3n) is 4.99. The maximum atomic E-state index is 6.51. The van der Waals surface area contributed by atoms with E-state index in [1.54, 1.807) is 32.7 Å². The number of rotatable bonds is 7. The molecule has 0 fully saturated rings. The van der Waals surface area contributed by atoms with Crippen LogP contribution in [0.25, 0.3) is 17.7 Å². The topological polar surface area (TPSA) is 52.9 Å². The van der Waals surface area contributed by atoms with E-state index in [9.17, 15) is 0 Å². The molecule has 5 heteroatoms. The van der Waals surface area contributed by atoms with Gasteiger partial charge in [-0.1, -0.05) is 49.1 Å². The van der Waals surface area contributed by atoms with Crippen LogP contribution in [0.15, 0.2) is 102 Å². The van der Waals surface area contributed by atoms with Gasteiger partial charge in [-0.15, -0.1) is 0 Å². The summed E-state index contributed by atoms with van der Waals surface area (Å²) in [7, 11) is 3.16. The van der Waals surface area contributed by atoms with Gasteiger partial charge in [0, 0.05) is 29.3 Å². The van der Waals surface area contributed by atoms with Crippen LogP contribution in [0.3, 0.4) is 0 Å². The number of hydrogen-bond donors (Lipinski definition) is 0. The van der Waals surface area contributed by atoms with E-state index in [4.69, 9.17) is 14.2 Å². The standard InChI is InChI=1S/C28H28N2O3/c1-6-20-16-28(24(18-25(20)29-8-3)21-12-10-9-11-13-21)33-27-14-15-30-26(23(27)7-2)17-22(32-5)19-31-4/h6-19H,3H2,1-2,4-5H3/b20-6-,22-19-,23-7+,26-17+,29-25?. The Morgan fingerprint density at radius 3 is 2.45 bits per heavy atom. The highest BCUT2D eigenvalue weighted by molar-refractivity contribution is 6.17. The van der Waals surface area contributed by atoms with Crippen molar-refractivity contribution in [2.24, 2.45) is 4.99 Å². The summed E-state index contributed by atoms with van der Waals surface area (Å²) < 4.78 is 16.9. The number of pyridine rings is 1. The Labute approximate surface area is 194 Å². The Balaban J connectivity index is 2.15. The average Bonchev–Trinajstić information content (AvgIpc) is 2.85. The summed E-state index contributed by atoms with van der Waals surface area (Å²) in [5.41, 5.74) is 3.75. The molecule has 1 aromatic carbocycles. The quantitative estimate of drug-likeness (QED) is 0.587. The number of methoxy groups -OCH3 is 2. The maximum Gasteiger partial charge on any atom is 0.155 e. The molecule has 0 radical (unpaired) electrons. The minimum Gasteiger partial charge on any atom is -0.501 e. The summed E-state index contributed by atoms with van der Waals surface area (Å²) in [6, 6.07) is 11.9. The molecule has 0 atom stereocenters. The van der Waals surface area contributed by atoms with Gasteiger partial charge in [-0.05, 0) is 43.2 Å². The molecule has 3 rings (SSSR count). The second-order valence-electron chi connectivity index (χ2n) is 6.98. The summed E-state index contributed by atoms with van der Waals surface area (Å²) in [5.74, 6) is 1.95. The van der Waals surface area contributed by atoms with Crippen molar-refractivity contribution in [2.75, 3.05) is 14.2 Å². The first-order chi connectivity index (χ1) is 16.1. The highest BCUT2D eigenvalue weighted by atomic mass is 16.5. The lowest BCUT2D eigenvalue weighted by Crippen LogP contribution is -2.30. The fourth-order valence-corrected chi connectivity index (χ4v) is 3.43. The van der Waals surface area contributed by atoms with Crippen molar-refractivity contribution in [3.8, 4) is 5.75 Å². The van der Waals surface area contributed by atoms with Gasteiger partial charge in [0.25, 0.3) is 0 Å². The van der Waals surface area contributed by atoms with E-state index in [0.29, 0.717) is 16.9 Å². The highest BCUT2D eigenvalue weighted by Crippen LogP contribution is 2.30. The van der Waals surface area contributed by atoms with E-state index in [1.165, 1.54) is 6.26 Å². The summed E-state index contributed by atoms with van der Waals surface area (Å²) in [4.78, 5) is 8.94. The molecule has 0 amide bonds. The van der Waals surface area contributed by atoms with Gasteiger partial charge in [0.1, 0.15) is 17.8 Å². The van der Waals surface area contributed by atoms with Crippen molar-refractivity contribution in [3.05, 3.63) is 113 Å². The molecule has 1 heterocycles. The lowest BCUT2D eigenvalue weighted by molar-refractivity contribution is 0.266. The van der Waals surface area contributed by atoms with Crippen LogP contribution in [-0.2, 0) is 9.47 Å². The van der Waals surface area contributed by atoms with E-state index in [1.807, 2.05) is 74.5 Å². The molecule has 168 valence electrons. The van der Waals surface area contributed by atoms with Crippen LogP contribution in [0.1, 0.15) is 19.4 Å². The van der Waals surface area contributed by atoms with Crippen LogP contribution in [0.5, 0.6) is 5.75 Å². The van der Waals surface area contributed by atoms with Gasteiger partial charge in [0.05, 0.1) is 25.3 Å². The lowest BCUT2D eigenvalue weighted by atomic mass is 9.93. The summed E-state index contributed by atoms with van der Waals surface area (Å²) in [5, 5.41) is 1.56. The second kappa shape index (κ2) is 11.5. The Morgan fingerprint density at radius 1 is 1.03 bits per heavy atom. The van der Waals surface area contributed by atoms with E-state index >= 15 is 0 Å². The van der Waals surface area contributed by atoms with Crippen molar-refractivity contribution in [1.29, 1.82) is 0 Å². The van der Waals surface area contributed by atoms with Crippen molar-refractivity contribution < 1.29 is 14.2 Å². The number of ether oxygens (including phenoxy) is 3. The van der Waals surface area contributed by atoms with Crippen molar-refractivity contribution in [2.45, 2.75) is 13.8 Å². The fourth-order valence-electron chi connectivity index (χ4n) is 3.43. The van der Waals surface area contributed by atoms with Crippen molar-refractivity contribution >= 4 is 23.4 Å². The predicted octanol–water partition coefficient (Wildman–Crippen LogP) is 4.69. The molecular formula is C28H28N2O3. The monoisotopic (exact) mass is 440 g/mol. The van der Waals surface area contributed by atoms with Crippen LogP contribution in [0, 0.1) is 0 Å². The number of allylic oxidation sites excluding steroid dienone is 6. The Bertz CT molecular complexity index is 1280. The zero-order chi connectivity index (χ0) is 23.6. The van der Waals surface area contributed by atoms with Crippen molar-refractivity contribution in [3.63, 3.8) is 0 Å². The molecule has 0 spiro atoms. The van der Waals surface area contributed by atoms with Gasteiger partial charge in [-0.2, -0.15) is 0 Å². The van der Waals surface area contributed by atoms with E-state index in [-0.39, 0.29) is 0 Å². The number of benzene rings is 1. The molecule has 1 aromatic heterocycles. The first kappa shape index (κ1) is 23.5. The maximum absolute atomic E-state index is 6.51. The zero-order valence-electron chi connectivity index (χ0n) is 19.4. The highest BCUT2D eigenvalue weighted by Gasteiger charge is 2.19. The molecule has 33 heavy (non-hydrogen) atoms. The smallest absolute Gasteiger partial charge is 0.155 e. The van der Waals surface area contributed by atoms with Gasteiger partial charge in [-0.25, -0.2) is 0 Å². The molecule has 0 aliphatic heterocycles. The third-order valence-corrected chi connectivity index (χ3v) is 4.99. The molecule has 0 N–H and O–H groups in total. The van der Waals surface area contributed by atoms with Crippen LogP contribution in [0.2, 0.25) is 0 Å². The summed E-state index contributed by atoms with van der Waals surface area (Å²) in [6.07, 6.45) is 14.6. The number of aromatic nitrogens is 1. The minimum absolute atomic E-state index is 0.550. The predicted molar refractivity (Wildman–Crippen MR) is 135 cm³/mol. The van der Waals surface area contributed by atoms with E-state index in [0.717, 1.165) is 33.4 Å². The molecule has 0 bridgehead atoms. The molecule has 2 aromatic rings. The van der Waals surface area contributed by atoms with E-state index < -0.39 is 0 Å². The van der Waals surface area contributed by atoms with Crippen molar-refractivity contribution in [1.82, 2.24) is 4.98 Å². The fraction of sp³-hybridized carbons (Fsp3) is 0.143. The Hall–Kier alpha value is -4.12. The average molecular weight is 441 g/mol. The molecular weight excluding hydrogens is 412 g/mol. The molecule has 1 aliphatic carbocycles. The van der Waals surface area contributed by atoms with Crippen LogP contribution in [-0.4, -0.2) is 24.9 Å². The largest absolute Gasteiger partial charge is 0.501 e. The second-order valence-corrected chi connectivity index (χ2v) is 6.98. The van der Waals surface area contributed by atoms with Gasteiger partial charge >= 0.3 is 0 Å². The first-order valence-electron chi connectivity index (χ1n) is 10.6. The normalized spacial score (nSPS) is 17.6. The molecule has 0 unspecified atom stereocenters. The molecule has 5 nitrogen and oxygen atoms in total. The first-order valence-corrected chi connectivity index (χ1v) is 10.6. The number of nitrogens with zero attached hydrogens (tertiary/aromatic N) is 2. The Morgan fingerprint density at radius 2 is 1.82 bits per heavy atom. The van der Waals surface area contributed by atoms with Gasteiger partial charge in [-0.3, -0.25) is 9.98 Å². The summed E-state index contributed by atoms with van der Waals surface area (Å²) >= 11 is 0. The van der Waals surface area contributed by atoms with Crippen LogP contribution >= 0.6 is 0 Å². The SMILES string of the molecule is C=CN=C1C=C(c2ccccc2)C(Oc2ccnc(=C/C(=C/OC)OC)/c2=C\C)=C/C1=C/C. The number of hydrogen-bond acceptors (Lipinski definition) is 5. The number of aliphatic imine (C=N–C) groups is 1. The molecule has 0 saturated heterocycles. The van der Waals surface area contributed by atoms with Gasteiger partial charge in [0.2, 0.25) is 0 Å². The Kier molecular flexibility index (Phi) is 8.19. The summed E-state index contributed by atoms with van der Waals surface area (Å²) in [6.45, 7) is 7.67. The third kappa shape index (κ3) is 5.57. The molecule has 1 aliphatic rings. The van der Waals surface area contributed by atoms with Gasteiger partial charge in [0.15, 0.2) is 5.76 Å². The molecule has 0 saturated carbocycles. The minimum atomic E-state index is 0.550.